The number of benzene rings is 1. The maximum absolute atomic E-state index is 12.4. The molecular formula is C17H18N2O2. The van der Waals surface area contributed by atoms with Gasteiger partial charge in [0.05, 0.1) is 6.26 Å². The Hall–Kier alpha value is -2.23. The van der Waals surface area contributed by atoms with Crippen LogP contribution in [0.1, 0.15) is 22.5 Å². The molecule has 4 rings (SSSR count). The van der Waals surface area contributed by atoms with Crippen molar-refractivity contribution in [3.05, 3.63) is 54.0 Å². The summed E-state index contributed by atoms with van der Waals surface area (Å²) in [5.41, 5.74) is 2.78. The number of carbonyl (C=O) groups is 1. The number of fused-ring (bicyclic) bond motifs is 3. The Morgan fingerprint density at radius 2 is 2.05 bits per heavy atom. The summed E-state index contributed by atoms with van der Waals surface area (Å²) in [5.74, 6) is 0.457. The van der Waals surface area contributed by atoms with Crippen molar-refractivity contribution < 1.29 is 9.21 Å². The zero-order valence-corrected chi connectivity index (χ0v) is 11.9. The molecule has 21 heavy (non-hydrogen) atoms. The van der Waals surface area contributed by atoms with Crippen LogP contribution in [0.2, 0.25) is 0 Å². The maximum Gasteiger partial charge on any atom is 0.289 e. The largest absolute Gasteiger partial charge is 0.459 e. The number of hydrogen-bond acceptors (Lipinski definition) is 3. The lowest BCUT2D eigenvalue weighted by molar-refractivity contribution is 0.0685. The Morgan fingerprint density at radius 3 is 2.90 bits per heavy atom. The molecule has 1 unspecified atom stereocenters. The smallest absolute Gasteiger partial charge is 0.289 e. The molecule has 0 saturated carbocycles. The number of amides is 1. The molecule has 0 N–H and O–H groups in total. The topological polar surface area (TPSA) is 36.7 Å². The van der Waals surface area contributed by atoms with Gasteiger partial charge in [0.15, 0.2) is 5.76 Å². The van der Waals surface area contributed by atoms with Crippen molar-refractivity contribution in [1.82, 2.24) is 4.90 Å². The molecule has 2 aliphatic heterocycles. The predicted octanol–water partition coefficient (Wildman–Crippen LogP) is 2.56. The first-order valence-electron chi connectivity index (χ1n) is 7.50. The minimum absolute atomic E-state index is 0.0125. The molecule has 4 nitrogen and oxygen atoms in total. The van der Waals surface area contributed by atoms with Gasteiger partial charge in [0, 0.05) is 31.4 Å². The van der Waals surface area contributed by atoms with Crippen LogP contribution < -0.4 is 4.90 Å². The summed E-state index contributed by atoms with van der Waals surface area (Å²) >= 11 is 0. The van der Waals surface area contributed by atoms with E-state index in [9.17, 15) is 4.79 Å². The number of para-hydroxylation sites is 1. The minimum atomic E-state index is 0.0125. The normalized spacial score (nSPS) is 20.9. The fraction of sp³-hybridized carbons (Fsp3) is 0.353. The monoisotopic (exact) mass is 282 g/mol. The van der Waals surface area contributed by atoms with Gasteiger partial charge in [-0.2, -0.15) is 0 Å². The van der Waals surface area contributed by atoms with Crippen LogP contribution >= 0.6 is 0 Å². The standard InChI is InChI=1S/C17H18N2O2/c20-17(16-6-3-11-21-16)18-9-10-19-14(12-18)8-7-13-4-1-2-5-15(13)19/h1-6,11,14H,7-10,12H2. The lowest BCUT2D eigenvalue weighted by atomic mass is 9.94. The highest BCUT2D eigenvalue weighted by molar-refractivity contribution is 5.91. The Morgan fingerprint density at radius 1 is 1.14 bits per heavy atom. The molecule has 0 aliphatic carbocycles. The van der Waals surface area contributed by atoms with E-state index in [4.69, 9.17) is 4.42 Å². The number of furan rings is 1. The summed E-state index contributed by atoms with van der Waals surface area (Å²) in [4.78, 5) is 16.8. The summed E-state index contributed by atoms with van der Waals surface area (Å²) in [6.07, 6.45) is 3.76. The number of carbonyl (C=O) groups excluding carboxylic acids is 1. The van der Waals surface area contributed by atoms with Gasteiger partial charge in [-0.3, -0.25) is 4.79 Å². The molecule has 1 aromatic heterocycles. The molecular weight excluding hydrogens is 264 g/mol. The van der Waals surface area contributed by atoms with Crippen molar-refractivity contribution >= 4 is 11.6 Å². The highest BCUT2D eigenvalue weighted by Crippen LogP contribution is 2.32. The maximum atomic E-state index is 12.4. The van der Waals surface area contributed by atoms with Gasteiger partial charge >= 0.3 is 0 Å². The molecule has 1 aromatic carbocycles. The Kier molecular flexibility index (Phi) is 2.95. The molecule has 0 spiro atoms. The first-order valence-corrected chi connectivity index (χ1v) is 7.50. The van der Waals surface area contributed by atoms with E-state index in [-0.39, 0.29) is 5.91 Å². The zero-order chi connectivity index (χ0) is 14.2. The van der Waals surface area contributed by atoms with Crippen molar-refractivity contribution in [1.29, 1.82) is 0 Å². The van der Waals surface area contributed by atoms with Gasteiger partial charge in [0.25, 0.3) is 5.91 Å². The first kappa shape index (κ1) is 12.5. The first-order chi connectivity index (χ1) is 10.3. The van der Waals surface area contributed by atoms with Crippen molar-refractivity contribution in [2.75, 3.05) is 24.5 Å². The van der Waals surface area contributed by atoms with E-state index < -0.39 is 0 Å². The second-order valence-electron chi connectivity index (χ2n) is 5.74. The van der Waals surface area contributed by atoms with Crippen LogP contribution in [0.4, 0.5) is 5.69 Å². The van der Waals surface area contributed by atoms with Crippen LogP contribution in [-0.2, 0) is 6.42 Å². The highest BCUT2D eigenvalue weighted by atomic mass is 16.3. The van der Waals surface area contributed by atoms with E-state index in [1.165, 1.54) is 11.3 Å². The van der Waals surface area contributed by atoms with E-state index >= 15 is 0 Å². The van der Waals surface area contributed by atoms with Crippen molar-refractivity contribution in [3.63, 3.8) is 0 Å². The fourth-order valence-corrected chi connectivity index (χ4v) is 3.48. The summed E-state index contributed by atoms with van der Waals surface area (Å²) < 4.78 is 5.24. The second kappa shape index (κ2) is 4.95. The third kappa shape index (κ3) is 2.11. The second-order valence-corrected chi connectivity index (χ2v) is 5.74. The average Bonchev–Trinajstić information content (AvgIpc) is 3.08. The van der Waals surface area contributed by atoms with Crippen molar-refractivity contribution in [2.24, 2.45) is 0 Å². The molecule has 3 heterocycles. The van der Waals surface area contributed by atoms with E-state index in [0.29, 0.717) is 11.8 Å². The third-order valence-corrected chi connectivity index (χ3v) is 4.55. The molecule has 108 valence electrons. The van der Waals surface area contributed by atoms with Gasteiger partial charge in [-0.1, -0.05) is 18.2 Å². The number of piperazine rings is 1. The number of hydrogen-bond donors (Lipinski definition) is 0. The number of rotatable bonds is 1. The molecule has 1 atom stereocenters. The molecule has 0 bridgehead atoms. The van der Waals surface area contributed by atoms with Crippen LogP contribution in [0.3, 0.4) is 0 Å². The predicted molar refractivity (Wildman–Crippen MR) is 80.5 cm³/mol. The molecule has 2 aliphatic rings. The fourth-order valence-electron chi connectivity index (χ4n) is 3.48. The molecule has 1 amide bonds. The lowest BCUT2D eigenvalue weighted by Gasteiger charge is -2.45. The summed E-state index contributed by atoms with van der Waals surface area (Å²) in [5, 5.41) is 0. The number of aryl methyl sites for hydroxylation is 1. The highest BCUT2D eigenvalue weighted by Gasteiger charge is 2.33. The summed E-state index contributed by atoms with van der Waals surface area (Å²) in [6, 6.07) is 12.5. The van der Waals surface area contributed by atoms with Gasteiger partial charge in [0.1, 0.15) is 0 Å². The van der Waals surface area contributed by atoms with Gasteiger partial charge in [-0.25, -0.2) is 0 Å². The summed E-state index contributed by atoms with van der Waals surface area (Å²) in [6.45, 7) is 2.44. The SMILES string of the molecule is O=C(c1ccco1)N1CCN2c3ccccc3CCC2C1. The van der Waals surface area contributed by atoms with E-state index in [1.54, 1.807) is 18.4 Å². The molecule has 4 heteroatoms. The lowest BCUT2D eigenvalue weighted by Crippen LogP contribution is -2.56. The van der Waals surface area contributed by atoms with Gasteiger partial charge < -0.3 is 14.2 Å². The Labute approximate surface area is 124 Å². The number of nitrogens with zero attached hydrogens (tertiary/aromatic N) is 2. The molecule has 1 saturated heterocycles. The average molecular weight is 282 g/mol. The quantitative estimate of drug-likeness (QED) is 0.806. The van der Waals surface area contributed by atoms with Crippen LogP contribution in [0, 0.1) is 0 Å². The minimum Gasteiger partial charge on any atom is -0.459 e. The van der Waals surface area contributed by atoms with E-state index in [1.807, 2.05) is 4.90 Å². The van der Waals surface area contributed by atoms with Crippen LogP contribution in [0.25, 0.3) is 0 Å². The van der Waals surface area contributed by atoms with Crippen LogP contribution in [-0.4, -0.2) is 36.5 Å². The van der Waals surface area contributed by atoms with Crippen LogP contribution in [0.15, 0.2) is 47.1 Å². The molecule has 2 aromatic rings. The Balaban J connectivity index is 1.54. The third-order valence-electron chi connectivity index (χ3n) is 4.55. The molecule has 1 fully saturated rings. The Bertz CT molecular complexity index is 651. The van der Waals surface area contributed by atoms with E-state index in [2.05, 4.69) is 29.2 Å². The van der Waals surface area contributed by atoms with Crippen LogP contribution in [0.5, 0.6) is 0 Å². The van der Waals surface area contributed by atoms with E-state index in [0.717, 1.165) is 32.5 Å². The summed E-state index contributed by atoms with van der Waals surface area (Å²) in [7, 11) is 0. The van der Waals surface area contributed by atoms with Gasteiger partial charge in [-0.05, 0) is 36.6 Å². The van der Waals surface area contributed by atoms with Crippen molar-refractivity contribution in [3.8, 4) is 0 Å². The zero-order valence-electron chi connectivity index (χ0n) is 11.9. The number of anilines is 1. The van der Waals surface area contributed by atoms with Gasteiger partial charge in [0.2, 0.25) is 0 Å². The van der Waals surface area contributed by atoms with Crippen molar-refractivity contribution in [2.45, 2.75) is 18.9 Å². The van der Waals surface area contributed by atoms with Gasteiger partial charge in [-0.15, -0.1) is 0 Å². The molecule has 0 radical (unpaired) electrons.